The lowest BCUT2D eigenvalue weighted by Crippen LogP contribution is -2.51. The quantitative estimate of drug-likeness (QED) is 0.796. The van der Waals surface area contributed by atoms with Gasteiger partial charge < -0.3 is 14.7 Å². The standard InChI is InChI=1S/C19H26N2O4/c1-4-6-15-14(7-5-11-20(15)18(23)25-3)17(22)21-12-9-13-8-10-19(2,24)16(13)21/h4-5,7,11,13,15-16,24H,1,6,8-10,12H2,2-3H3/t13-,15?,16+,19-/m1/s1. The van der Waals surface area contributed by atoms with Crippen molar-refractivity contribution in [3.05, 3.63) is 36.6 Å². The number of carbonyl (C=O) groups is 2. The molecule has 0 aromatic carbocycles. The number of hydrogen-bond donors (Lipinski definition) is 1. The Balaban J connectivity index is 1.87. The van der Waals surface area contributed by atoms with Crippen molar-refractivity contribution < 1.29 is 19.4 Å². The molecule has 0 bridgehead atoms. The van der Waals surface area contributed by atoms with Crippen LogP contribution in [-0.4, -0.2) is 58.2 Å². The number of methoxy groups -OCH3 is 1. The molecule has 25 heavy (non-hydrogen) atoms. The maximum absolute atomic E-state index is 13.3. The summed E-state index contributed by atoms with van der Waals surface area (Å²) in [5.74, 6) is 0.244. The van der Waals surface area contributed by atoms with Crippen LogP contribution in [0.15, 0.2) is 36.6 Å². The highest BCUT2D eigenvalue weighted by atomic mass is 16.5. The van der Waals surface area contributed by atoms with Crippen LogP contribution in [0, 0.1) is 5.92 Å². The van der Waals surface area contributed by atoms with Gasteiger partial charge in [0.1, 0.15) is 0 Å². The maximum Gasteiger partial charge on any atom is 0.414 e. The van der Waals surface area contributed by atoms with E-state index < -0.39 is 17.7 Å². The first-order valence-electron chi connectivity index (χ1n) is 8.79. The van der Waals surface area contributed by atoms with Crippen molar-refractivity contribution >= 4 is 12.0 Å². The fourth-order valence-electron chi connectivity index (χ4n) is 4.53. The van der Waals surface area contributed by atoms with Crippen LogP contribution in [0.2, 0.25) is 0 Å². The van der Waals surface area contributed by atoms with Gasteiger partial charge in [0.25, 0.3) is 5.91 Å². The van der Waals surface area contributed by atoms with Crippen molar-refractivity contribution in [3.63, 3.8) is 0 Å². The number of hydrogen-bond acceptors (Lipinski definition) is 4. The van der Waals surface area contributed by atoms with Crippen molar-refractivity contribution in [2.75, 3.05) is 13.7 Å². The van der Waals surface area contributed by atoms with Crippen molar-refractivity contribution in [3.8, 4) is 0 Å². The molecule has 136 valence electrons. The normalized spacial score (nSPS) is 33.9. The zero-order valence-electron chi connectivity index (χ0n) is 14.9. The van der Waals surface area contributed by atoms with Crippen LogP contribution in [-0.2, 0) is 9.53 Å². The lowest BCUT2D eigenvalue weighted by molar-refractivity contribution is -0.133. The number of aliphatic hydroxyl groups is 1. The van der Waals surface area contributed by atoms with Gasteiger partial charge in [0, 0.05) is 18.3 Å². The lowest BCUT2D eigenvalue weighted by Gasteiger charge is -2.37. The summed E-state index contributed by atoms with van der Waals surface area (Å²) in [6.45, 7) is 6.21. The third-order valence-corrected chi connectivity index (χ3v) is 5.68. The SMILES string of the molecule is C=CCC1C(C(=O)N2CC[C@H]3CC[C@@](C)(O)[C@H]32)=CC=CN1C(=O)OC. The Morgan fingerprint density at radius 3 is 2.92 bits per heavy atom. The molecule has 6 heteroatoms. The topological polar surface area (TPSA) is 70.1 Å². The fraction of sp³-hybridized carbons (Fsp3) is 0.579. The van der Waals surface area contributed by atoms with E-state index in [1.807, 2.05) is 6.92 Å². The fourth-order valence-corrected chi connectivity index (χ4v) is 4.53. The summed E-state index contributed by atoms with van der Waals surface area (Å²) in [6.07, 6.45) is 9.29. The maximum atomic E-state index is 13.3. The molecule has 3 rings (SSSR count). The van der Waals surface area contributed by atoms with Crippen LogP contribution >= 0.6 is 0 Å². The number of amides is 2. The summed E-state index contributed by atoms with van der Waals surface area (Å²) in [5.41, 5.74) is -0.311. The van der Waals surface area contributed by atoms with Gasteiger partial charge >= 0.3 is 6.09 Å². The molecule has 1 unspecified atom stereocenters. The number of rotatable bonds is 3. The van der Waals surface area contributed by atoms with Gasteiger partial charge in [-0.25, -0.2) is 4.79 Å². The van der Waals surface area contributed by atoms with E-state index in [0.29, 0.717) is 24.5 Å². The number of allylic oxidation sites excluding steroid dienone is 2. The van der Waals surface area contributed by atoms with Crippen molar-refractivity contribution in [2.24, 2.45) is 5.92 Å². The molecular weight excluding hydrogens is 320 g/mol. The van der Waals surface area contributed by atoms with Gasteiger partial charge in [-0.1, -0.05) is 6.08 Å². The molecule has 0 aromatic heterocycles. The van der Waals surface area contributed by atoms with Crippen LogP contribution in [0.1, 0.15) is 32.6 Å². The summed E-state index contributed by atoms with van der Waals surface area (Å²) in [5, 5.41) is 10.7. The van der Waals surface area contributed by atoms with Crippen LogP contribution in [0.25, 0.3) is 0 Å². The molecule has 4 atom stereocenters. The summed E-state index contributed by atoms with van der Waals surface area (Å²) in [6, 6.07) is -0.587. The first-order valence-corrected chi connectivity index (χ1v) is 8.79. The number of fused-ring (bicyclic) bond motifs is 1. The monoisotopic (exact) mass is 346 g/mol. The van der Waals surface area contributed by atoms with E-state index >= 15 is 0 Å². The summed E-state index contributed by atoms with van der Waals surface area (Å²) < 4.78 is 4.83. The van der Waals surface area contributed by atoms with E-state index in [1.54, 1.807) is 29.3 Å². The molecule has 0 radical (unpaired) electrons. The van der Waals surface area contributed by atoms with Gasteiger partial charge in [0.05, 0.1) is 24.8 Å². The molecule has 1 saturated heterocycles. The Kier molecular flexibility index (Phi) is 4.73. The molecule has 1 N–H and O–H groups in total. The van der Waals surface area contributed by atoms with Crippen molar-refractivity contribution in [1.29, 1.82) is 0 Å². The highest BCUT2D eigenvalue weighted by Crippen LogP contribution is 2.44. The molecule has 1 aliphatic carbocycles. The Morgan fingerprint density at radius 2 is 2.24 bits per heavy atom. The molecule has 3 aliphatic rings. The second-order valence-electron chi connectivity index (χ2n) is 7.27. The second kappa shape index (κ2) is 6.67. The Bertz CT molecular complexity index is 637. The smallest absolute Gasteiger partial charge is 0.414 e. The van der Waals surface area contributed by atoms with Gasteiger partial charge in [-0.05, 0) is 50.7 Å². The minimum absolute atomic E-state index is 0.111. The van der Waals surface area contributed by atoms with E-state index in [1.165, 1.54) is 12.0 Å². The first-order chi connectivity index (χ1) is 11.9. The molecule has 2 aliphatic heterocycles. The summed E-state index contributed by atoms with van der Waals surface area (Å²) >= 11 is 0. The Morgan fingerprint density at radius 1 is 1.48 bits per heavy atom. The van der Waals surface area contributed by atoms with Gasteiger partial charge in [-0.15, -0.1) is 6.58 Å². The molecule has 0 aromatic rings. The van der Waals surface area contributed by atoms with Gasteiger partial charge in [0.15, 0.2) is 0 Å². The van der Waals surface area contributed by atoms with E-state index in [0.717, 1.165) is 19.3 Å². The van der Waals surface area contributed by atoms with Crippen LogP contribution < -0.4 is 0 Å². The lowest BCUT2D eigenvalue weighted by atomic mass is 9.94. The number of likely N-dealkylation sites (tertiary alicyclic amines) is 1. The van der Waals surface area contributed by atoms with E-state index in [2.05, 4.69) is 6.58 Å². The van der Waals surface area contributed by atoms with Crippen LogP contribution in [0.4, 0.5) is 4.79 Å². The van der Waals surface area contributed by atoms with E-state index in [4.69, 9.17) is 4.74 Å². The number of ether oxygens (including phenoxy) is 1. The van der Waals surface area contributed by atoms with Gasteiger partial charge in [-0.2, -0.15) is 0 Å². The zero-order valence-corrected chi connectivity index (χ0v) is 14.9. The van der Waals surface area contributed by atoms with Gasteiger partial charge in [0.2, 0.25) is 0 Å². The molecule has 0 spiro atoms. The third kappa shape index (κ3) is 2.99. The first kappa shape index (κ1) is 17.7. The predicted molar refractivity (Wildman–Crippen MR) is 93.5 cm³/mol. The second-order valence-corrected chi connectivity index (χ2v) is 7.27. The average molecular weight is 346 g/mol. The number of nitrogens with zero attached hydrogens (tertiary/aromatic N) is 2. The van der Waals surface area contributed by atoms with Crippen LogP contribution in [0.3, 0.4) is 0 Å². The molecule has 6 nitrogen and oxygen atoms in total. The van der Waals surface area contributed by atoms with Crippen LogP contribution in [0.5, 0.6) is 0 Å². The highest BCUT2D eigenvalue weighted by Gasteiger charge is 2.52. The molecular formula is C19H26N2O4. The summed E-state index contributed by atoms with van der Waals surface area (Å²) in [4.78, 5) is 28.6. The van der Waals surface area contributed by atoms with E-state index in [-0.39, 0.29) is 11.9 Å². The Hall–Kier alpha value is -2.08. The largest absolute Gasteiger partial charge is 0.452 e. The molecule has 1 saturated carbocycles. The van der Waals surface area contributed by atoms with Crippen molar-refractivity contribution in [2.45, 2.75) is 50.3 Å². The predicted octanol–water partition coefficient (Wildman–Crippen LogP) is 2.22. The highest BCUT2D eigenvalue weighted by molar-refractivity contribution is 5.96. The molecule has 2 heterocycles. The van der Waals surface area contributed by atoms with E-state index in [9.17, 15) is 14.7 Å². The summed E-state index contributed by atoms with van der Waals surface area (Å²) in [7, 11) is 1.32. The molecule has 2 amide bonds. The average Bonchev–Trinajstić information content (AvgIpc) is 3.15. The third-order valence-electron chi connectivity index (χ3n) is 5.68. The minimum Gasteiger partial charge on any atom is -0.452 e. The Labute approximate surface area is 148 Å². The zero-order chi connectivity index (χ0) is 18.2. The van der Waals surface area contributed by atoms with Crippen molar-refractivity contribution in [1.82, 2.24) is 9.80 Å². The minimum atomic E-state index is -0.849. The van der Waals surface area contributed by atoms with Gasteiger partial charge in [-0.3, -0.25) is 9.69 Å². The molecule has 2 fully saturated rings. The number of carbonyl (C=O) groups excluding carboxylic acids is 2.